The van der Waals surface area contributed by atoms with Crippen molar-refractivity contribution in [2.75, 3.05) is 13.7 Å². The number of imidazole rings is 1. The first kappa shape index (κ1) is 24.9. The fourth-order valence-corrected chi connectivity index (χ4v) is 5.09. The predicted molar refractivity (Wildman–Crippen MR) is 127 cm³/mol. The summed E-state index contributed by atoms with van der Waals surface area (Å²) in [7, 11) is -2.21. The zero-order valence-electron chi connectivity index (χ0n) is 19.8. The lowest BCUT2D eigenvalue weighted by atomic mass is 10.0. The van der Waals surface area contributed by atoms with Gasteiger partial charge in [-0.05, 0) is 43.0 Å². The van der Waals surface area contributed by atoms with Gasteiger partial charge in [0.15, 0.2) is 0 Å². The highest BCUT2D eigenvalue weighted by molar-refractivity contribution is 7.89. The van der Waals surface area contributed by atoms with Crippen molar-refractivity contribution >= 4 is 27.0 Å². The van der Waals surface area contributed by atoms with Gasteiger partial charge in [0.05, 0.1) is 22.1 Å². The molecule has 3 rings (SSSR count). The first-order valence-corrected chi connectivity index (χ1v) is 12.6. The summed E-state index contributed by atoms with van der Waals surface area (Å²) in [4.78, 5) is 24.0. The molecule has 0 fully saturated rings. The van der Waals surface area contributed by atoms with Crippen LogP contribution in [0.2, 0.25) is 0 Å². The van der Waals surface area contributed by atoms with Crippen LogP contribution >= 0.6 is 0 Å². The van der Waals surface area contributed by atoms with E-state index >= 15 is 0 Å². The average Bonchev–Trinajstić information content (AvgIpc) is 3.17. The first-order chi connectivity index (χ1) is 15.6. The van der Waals surface area contributed by atoms with Crippen LogP contribution in [0, 0.1) is 12.8 Å². The molecule has 0 unspecified atom stereocenters. The molecule has 2 aromatic heterocycles. The minimum atomic E-state index is -3.75. The Morgan fingerprint density at radius 3 is 2.52 bits per heavy atom. The Labute approximate surface area is 195 Å². The van der Waals surface area contributed by atoms with Crippen LogP contribution in [-0.2, 0) is 26.0 Å². The van der Waals surface area contributed by atoms with Gasteiger partial charge in [0.1, 0.15) is 17.9 Å². The SMILES string of the molecule is CCC(=O)OC[C@H](CC(C)C)N(C)S(=O)(=O)c1ccc(Cc2nccc3[nH]c(C)nc23)cc1. The number of sulfonamides is 1. The number of carbonyl (C=O) groups is 1. The highest BCUT2D eigenvalue weighted by Gasteiger charge is 2.29. The van der Waals surface area contributed by atoms with Crippen molar-refractivity contribution in [3.05, 3.63) is 53.6 Å². The number of H-pyrrole nitrogens is 1. The maximum Gasteiger partial charge on any atom is 0.305 e. The molecule has 0 saturated carbocycles. The molecule has 1 aromatic carbocycles. The average molecular weight is 473 g/mol. The maximum atomic E-state index is 13.3. The number of nitrogens with one attached hydrogen (secondary N) is 1. The van der Waals surface area contributed by atoms with E-state index in [4.69, 9.17) is 4.74 Å². The van der Waals surface area contributed by atoms with Gasteiger partial charge >= 0.3 is 5.97 Å². The maximum absolute atomic E-state index is 13.3. The molecule has 0 aliphatic rings. The van der Waals surface area contributed by atoms with Crippen LogP contribution < -0.4 is 0 Å². The minimum absolute atomic E-state index is 0.0391. The fraction of sp³-hybridized carbons (Fsp3) is 0.458. The predicted octanol–water partition coefficient (Wildman–Crippen LogP) is 3.85. The molecule has 1 N–H and O–H groups in total. The van der Waals surface area contributed by atoms with E-state index in [1.54, 1.807) is 44.4 Å². The normalized spacial score (nSPS) is 13.1. The number of pyridine rings is 1. The molecule has 0 aliphatic carbocycles. The van der Waals surface area contributed by atoms with Gasteiger partial charge in [-0.25, -0.2) is 13.4 Å². The molecule has 178 valence electrons. The zero-order chi connectivity index (χ0) is 24.2. The number of esters is 1. The highest BCUT2D eigenvalue weighted by Crippen LogP contribution is 2.23. The monoisotopic (exact) mass is 472 g/mol. The van der Waals surface area contributed by atoms with Crippen molar-refractivity contribution in [2.45, 2.75) is 57.9 Å². The highest BCUT2D eigenvalue weighted by atomic mass is 32.2. The third-order valence-electron chi connectivity index (χ3n) is 5.55. The Morgan fingerprint density at radius 2 is 1.88 bits per heavy atom. The van der Waals surface area contributed by atoms with E-state index in [0.29, 0.717) is 12.8 Å². The van der Waals surface area contributed by atoms with Gasteiger partial charge in [-0.1, -0.05) is 32.9 Å². The van der Waals surface area contributed by atoms with E-state index in [9.17, 15) is 13.2 Å². The zero-order valence-corrected chi connectivity index (χ0v) is 20.6. The van der Waals surface area contributed by atoms with Crippen LogP contribution in [0.15, 0.2) is 41.4 Å². The number of rotatable bonds is 10. The van der Waals surface area contributed by atoms with Gasteiger partial charge in [-0.15, -0.1) is 0 Å². The van der Waals surface area contributed by atoms with E-state index in [0.717, 1.165) is 28.1 Å². The third-order valence-corrected chi connectivity index (χ3v) is 7.47. The van der Waals surface area contributed by atoms with Crippen molar-refractivity contribution in [3.8, 4) is 0 Å². The lowest BCUT2D eigenvalue weighted by Gasteiger charge is -2.28. The van der Waals surface area contributed by atoms with Crippen LogP contribution in [-0.4, -0.2) is 53.3 Å². The molecule has 0 bridgehead atoms. The van der Waals surface area contributed by atoms with Gasteiger partial charge in [-0.3, -0.25) is 9.78 Å². The lowest BCUT2D eigenvalue weighted by molar-refractivity contribution is -0.144. The van der Waals surface area contributed by atoms with Crippen LogP contribution in [0.5, 0.6) is 0 Å². The number of aromatic nitrogens is 3. The lowest BCUT2D eigenvalue weighted by Crippen LogP contribution is -2.41. The number of likely N-dealkylation sites (N-methyl/N-ethyl adjacent to an activating group) is 1. The van der Waals surface area contributed by atoms with Crippen molar-refractivity contribution in [1.82, 2.24) is 19.3 Å². The van der Waals surface area contributed by atoms with E-state index in [-0.39, 0.29) is 29.8 Å². The molecule has 33 heavy (non-hydrogen) atoms. The number of carbonyl (C=O) groups excluding carboxylic acids is 1. The number of hydrogen-bond acceptors (Lipinski definition) is 6. The molecule has 8 nitrogen and oxygen atoms in total. The number of nitrogens with zero attached hydrogens (tertiary/aromatic N) is 3. The van der Waals surface area contributed by atoms with Gasteiger partial charge in [0.25, 0.3) is 0 Å². The summed E-state index contributed by atoms with van der Waals surface area (Å²) in [6.45, 7) is 7.68. The number of aromatic amines is 1. The molecule has 3 aromatic rings. The van der Waals surface area contributed by atoms with Gasteiger partial charge in [0.2, 0.25) is 10.0 Å². The summed E-state index contributed by atoms with van der Waals surface area (Å²) >= 11 is 0. The van der Waals surface area contributed by atoms with Crippen LogP contribution in [0.3, 0.4) is 0 Å². The Morgan fingerprint density at radius 1 is 1.18 bits per heavy atom. The number of aryl methyl sites for hydroxylation is 1. The standard InChI is InChI=1S/C24H32N4O4S/c1-6-23(29)32-15-19(13-16(2)3)28(5)33(30,31)20-9-7-18(8-10-20)14-22-24-21(11-12-25-22)26-17(4)27-24/h7-12,16,19H,6,13-15H2,1-5H3,(H,26,27)/t19-/m0/s1. The Bertz CT molecular complexity index is 1200. The minimum Gasteiger partial charge on any atom is -0.464 e. The summed E-state index contributed by atoms with van der Waals surface area (Å²) in [5, 5.41) is 0. The quantitative estimate of drug-likeness (QED) is 0.450. The summed E-state index contributed by atoms with van der Waals surface area (Å²) in [6, 6.07) is 8.28. The summed E-state index contributed by atoms with van der Waals surface area (Å²) < 4.78 is 33.1. The molecule has 9 heteroatoms. The number of fused-ring (bicyclic) bond motifs is 1. The van der Waals surface area contributed by atoms with Crippen LogP contribution in [0.25, 0.3) is 11.0 Å². The van der Waals surface area contributed by atoms with E-state index in [2.05, 4.69) is 15.0 Å². The second kappa shape index (κ2) is 10.4. The largest absolute Gasteiger partial charge is 0.464 e. The number of ether oxygens (including phenoxy) is 1. The van der Waals surface area contributed by atoms with Gasteiger partial charge in [0, 0.05) is 26.1 Å². The molecule has 0 radical (unpaired) electrons. The summed E-state index contributed by atoms with van der Waals surface area (Å²) in [6.07, 6.45) is 3.13. The Hall–Kier alpha value is -2.78. The molecule has 0 spiro atoms. The number of hydrogen-bond donors (Lipinski definition) is 1. The van der Waals surface area contributed by atoms with Crippen molar-refractivity contribution in [1.29, 1.82) is 0 Å². The Balaban J connectivity index is 1.79. The number of benzene rings is 1. The smallest absolute Gasteiger partial charge is 0.305 e. The molecular weight excluding hydrogens is 440 g/mol. The molecule has 1 atom stereocenters. The molecule has 0 amide bonds. The summed E-state index contributed by atoms with van der Waals surface area (Å²) in [5.74, 6) is 0.732. The second-order valence-electron chi connectivity index (χ2n) is 8.64. The van der Waals surface area contributed by atoms with E-state index < -0.39 is 16.1 Å². The Kier molecular flexibility index (Phi) is 7.86. The molecular formula is C24H32N4O4S. The van der Waals surface area contributed by atoms with E-state index in [1.165, 1.54) is 4.31 Å². The van der Waals surface area contributed by atoms with Crippen molar-refractivity contribution in [3.63, 3.8) is 0 Å². The third kappa shape index (κ3) is 5.97. The van der Waals surface area contributed by atoms with Crippen LogP contribution in [0.1, 0.15) is 50.7 Å². The molecule has 0 aliphatic heterocycles. The topological polar surface area (TPSA) is 105 Å². The van der Waals surface area contributed by atoms with Crippen LogP contribution in [0.4, 0.5) is 0 Å². The first-order valence-electron chi connectivity index (χ1n) is 11.1. The fourth-order valence-electron chi connectivity index (χ4n) is 3.73. The molecule has 2 heterocycles. The van der Waals surface area contributed by atoms with Gasteiger partial charge < -0.3 is 9.72 Å². The van der Waals surface area contributed by atoms with Gasteiger partial charge in [-0.2, -0.15) is 4.31 Å². The van der Waals surface area contributed by atoms with E-state index in [1.807, 2.05) is 26.8 Å². The molecule has 0 saturated heterocycles. The van der Waals surface area contributed by atoms with Crippen molar-refractivity contribution in [2.24, 2.45) is 5.92 Å². The summed E-state index contributed by atoms with van der Waals surface area (Å²) in [5.41, 5.74) is 3.52. The second-order valence-corrected chi connectivity index (χ2v) is 10.6. The van der Waals surface area contributed by atoms with Crippen molar-refractivity contribution < 1.29 is 17.9 Å².